The van der Waals surface area contributed by atoms with Gasteiger partial charge in [0.05, 0.1) is 11.0 Å². The summed E-state index contributed by atoms with van der Waals surface area (Å²) in [7, 11) is 4.06. The van der Waals surface area contributed by atoms with Gasteiger partial charge < -0.3 is 4.57 Å². The van der Waals surface area contributed by atoms with E-state index in [4.69, 9.17) is 0 Å². The number of para-hydroxylation sites is 1. The Morgan fingerprint density at radius 3 is 2.36 bits per heavy atom. The first-order valence-electron chi connectivity index (χ1n) is 13.0. The lowest BCUT2D eigenvalue weighted by molar-refractivity contribution is -0.401. The minimum atomic E-state index is -0.694. The molecule has 4 heteroatoms. The van der Waals surface area contributed by atoms with E-state index in [9.17, 15) is 9.59 Å². The highest BCUT2D eigenvalue weighted by Gasteiger charge is 2.54. The quantitative estimate of drug-likeness (QED) is 0.152. The SMILES string of the molecule is Cn1cc(C2C(=O)C(=CC3=[N+](C)c4ccc5ccccc5c4C34CCCCC4)C2=O)c2ccccc21. The van der Waals surface area contributed by atoms with Crippen LogP contribution in [0.5, 0.6) is 0 Å². The Bertz CT molecular complexity index is 1660. The van der Waals surface area contributed by atoms with E-state index in [-0.39, 0.29) is 17.0 Å². The third kappa shape index (κ3) is 2.73. The fourth-order valence-electron chi connectivity index (χ4n) is 7.16. The van der Waals surface area contributed by atoms with Crippen molar-refractivity contribution in [2.45, 2.75) is 43.4 Å². The van der Waals surface area contributed by atoms with Crippen LogP contribution in [0.25, 0.3) is 21.7 Å². The molecular formula is C32H29N2O2+. The fourth-order valence-corrected chi connectivity index (χ4v) is 7.16. The molecule has 0 unspecified atom stereocenters. The molecule has 0 amide bonds. The largest absolute Gasteiger partial charge is 0.350 e. The lowest BCUT2D eigenvalue weighted by Gasteiger charge is -2.33. The molecule has 0 bridgehead atoms. The fraction of sp³-hybridized carbons (Fsp3) is 0.281. The summed E-state index contributed by atoms with van der Waals surface area (Å²) < 4.78 is 4.25. The Morgan fingerprint density at radius 2 is 1.58 bits per heavy atom. The van der Waals surface area contributed by atoms with E-state index < -0.39 is 5.92 Å². The molecule has 178 valence electrons. The van der Waals surface area contributed by atoms with Crippen LogP contribution < -0.4 is 0 Å². The summed E-state index contributed by atoms with van der Waals surface area (Å²) in [5.41, 5.74) is 5.76. The molecule has 0 N–H and O–H groups in total. The molecular weight excluding hydrogens is 444 g/mol. The number of nitrogens with zero attached hydrogens (tertiary/aromatic N) is 2. The number of hydrogen-bond donors (Lipinski definition) is 0. The van der Waals surface area contributed by atoms with Gasteiger partial charge in [0.1, 0.15) is 13.0 Å². The van der Waals surface area contributed by atoms with Crippen molar-refractivity contribution in [1.82, 2.24) is 4.57 Å². The van der Waals surface area contributed by atoms with Crippen molar-refractivity contribution in [3.05, 3.63) is 89.6 Å². The lowest BCUT2D eigenvalue weighted by Crippen LogP contribution is -2.42. The van der Waals surface area contributed by atoms with E-state index in [2.05, 4.69) is 48.0 Å². The summed E-state index contributed by atoms with van der Waals surface area (Å²) in [6.45, 7) is 0. The van der Waals surface area contributed by atoms with Crippen LogP contribution in [0.15, 0.2) is 78.5 Å². The molecule has 3 aromatic carbocycles. The van der Waals surface area contributed by atoms with Crippen molar-refractivity contribution in [3.8, 4) is 0 Å². The molecule has 3 aliphatic rings. The van der Waals surface area contributed by atoms with E-state index in [0.717, 1.165) is 47.9 Å². The first-order chi connectivity index (χ1) is 17.5. The Kier molecular flexibility index (Phi) is 4.54. The number of allylic oxidation sites excluding steroid dienone is 2. The second-order valence-electron chi connectivity index (χ2n) is 10.7. The average molecular weight is 474 g/mol. The van der Waals surface area contributed by atoms with Gasteiger partial charge >= 0.3 is 0 Å². The summed E-state index contributed by atoms with van der Waals surface area (Å²) in [4.78, 5) is 27.1. The smallest absolute Gasteiger partial charge is 0.210 e. The normalized spacial score (nSPS) is 20.9. The molecule has 36 heavy (non-hydrogen) atoms. The molecule has 4 aromatic rings. The van der Waals surface area contributed by atoms with Gasteiger partial charge in [0.2, 0.25) is 5.69 Å². The molecule has 0 radical (unpaired) electrons. The van der Waals surface area contributed by atoms with Crippen LogP contribution in [0, 0.1) is 0 Å². The van der Waals surface area contributed by atoms with Gasteiger partial charge in [0.25, 0.3) is 0 Å². The minimum absolute atomic E-state index is 0.0518. The Hall–Kier alpha value is -3.79. The molecule has 7 rings (SSSR count). The zero-order chi connectivity index (χ0) is 24.6. The van der Waals surface area contributed by atoms with Crippen molar-refractivity contribution in [2.75, 3.05) is 7.05 Å². The molecule has 2 heterocycles. The first-order valence-corrected chi connectivity index (χ1v) is 13.0. The van der Waals surface area contributed by atoms with Gasteiger partial charge in [-0.05, 0) is 41.3 Å². The van der Waals surface area contributed by atoms with Gasteiger partial charge in [-0.1, -0.05) is 61.7 Å². The average Bonchev–Trinajstić information content (AvgIpc) is 3.35. The molecule has 4 nitrogen and oxygen atoms in total. The number of aryl methyl sites for hydroxylation is 1. The van der Waals surface area contributed by atoms with Gasteiger partial charge in [0, 0.05) is 41.9 Å². The van der Waals surface area contributed by atoms with Crippen molar-refractivity contribution in [1.29, 1.82) is 0 Å². The van der Waals surface area contributed by atoms with Crippen LogP contribution in [0.4, 0.5) is 5.69 Å². The predicted octanol–water partition coefficient (Wildman–Crippen LogP) is 6.12. The van der Waals surface area contributed by atoms with E-state index >= 15 is 0 Å². The standard InChI is InChI=1S/C32H29N2O2/c1-33-19-24(22-12-6-7-13-25(22)33)28-30(35)23(31(28)36)18-27-32(16-8-3-9-17-32)29-21-11-5-4-10-20(21)14-15-26(29)34(27)2/h4-7,10-15,18-19,28H,3,8-9,16-17H2,1-2H3/q+1. The summed E-state index contributed by atoms with van der Waals surface area (Å²) >= 11 is 0. The highest BCUT2D eigenvalue weighted by molar-refractivity contribution is 6.44. The van der Waals surface area contributed by atoms with E-state index in [1.165, 1.54) is 28.4 Å². The number of carbonyl (C=O) groups excluding carboxylic acids is 2. The first kappa shape index (κ1) is 21.5. The maximum absolute atomic E-state index is 13.5. The van der Waals surface area contributed by atoms with Crippen LogP contribution in [0.2, 0.25) is 0 Å². The third-order valence-electron chi connectivity index (χ3n) is 8.88. The Morgan fingerprint density at radius 1 is 0.889 bits per heavy atom. The maximum atomic E-state index is 13.5. The number of hydrogen-bond acceptors (Lipinski definition) is 2. The van der Waals surface area contributed by atoms with Gasteiger partial charge in [-0.15, -0.1) is 0 Å². The second-order valence-corrected chi connectivity index (χ2v) is 10.7. The zero-order valence-electron chi connectivity index (χ0n) is 20.8. The Labute approximate surface area is 210 Å². The molecule has 2 aliphatic carbocycles. The van der Waals surface area contributed by atoms with Crippen molar-refractivity contribution in [2.24, 2.45) is 7.05 Å². The van der Waals surface area contributed by atoms with Crippen molar-refractivity contribution in [3.63, 3.8) is 0 Å². The number of Topliss-reactive ketones (excluding diaryl/α,β-unsaturated/α-hetero) is 2. The van der Waals surface area contributed by atoms with Gasteiger partial charge in [-0.2, -0.15) is 4.58 Å². The van der Waals surface area contributed by atoms with Gasteiger partial charge in [0.15, 0.2) is 17.3 Å². The van der Waals surface area contributed by atoms with Crippen molar-refractivity contribution < 1.29 is 14.2 Å². The van der Waals surface area contributed by atoms with Crippen LogP contribution >= 0.6 is 0 Å². The van der Waals surface area contributed by atoms with Crippen LogP contribution in [-0.2, 0) is 22.1 Å². The molecule has 1 aromatic heterocycles. The molecule has 0 atom stereocenters. The number of rotatable bonds is 2. The van der Waals surface area contributed by atoms with Gasteiger partial charge in [-0.25, -0.2) is 0 Å². The number of fused-ring (bicyclic) bond motifs is 5. The van der Waals surface area contributed by atoms with E-state index in [1.54, 1.807) is 0 Å². The summed E-state index contributed by atoms with van der Waals surface area (Å²) in [6.07, 6.45) is 9.54. The molecule has 0 saturated heterocycles. The maximum Gasteiger partial charge on any atom is 0.210 e. The topological polar surface area (TPSA) is 42.1 Å². The van der Waals surface area contributed by atoms with Crippen LogP contribution in [-0.4, -0.2) is 33.5 Å². The van der Waals surface area contributed by atoms with Crippen LogP contribution in [0.1, 0.15) is 49.1 Å². The monoisotopic (exact) mass is 473 g/mol. The molecule has 2 saturated carbocycles. The third-order valence-corrected chi connectivity index (χ3v) is 8.88. The molecule has 1 aliphatic heterocycles. The van der Waals surface area contributed by atoms with E-state index in [1.807, 2.05) is 48.2 Å². The number of ketones is 2. The number of carbonyl (C=O) groups is 2. The summed E-state index contributed by atoms with van der Waals surface area (Å²) in [6, 6.07) is 21.0. The lowest BCUT2D eigenvalue weighted by atomic mass is 9.64. The highest BCUT2D eigenvalue weighted by atomic mass is 16.2. The van der Waals surface area contributed by atoms with Crippen molar-refractivity contribution >= 4 is 44.6 Å². The molecule has 2 fully saturated rings. The number of aromatic nitrogens is 1. The van der Waals surface area contributed by atoms with Crippen LogP contribution in [0.3, 0.4) is 0 Å². The van der Waals surface area contributed by atoms with Gasteiger partial charge in [-0.3, -0.25) is 9.59 Å². The minimum Gasteiger partial charge on any atom is -0.350 e. The zero-order valence-corrected chi connectivity index (χ0v) is 20.8. The van der Waals surface area contributed by atoms with E-state index in [0.29, 0.717) is 5.57 Å². The number of benzene rings is 3. The highest BCUT2D eigenvalue weighted by Crippen LogP contribution is 2.52. The predicted molar refractivity (Wildman–Crippen MR) is 143 cm³/mol. The summed E-state index contributed by atoms with van der Waals surface area (Å²) in [5.74, 6) is -0.798. The Balaban J connectivity index is 1.35. The molecule has 1 spiro atoms. The summed E-state index contributed by atoms with van der Waals surface area (Å²) in [5, 5.41) is 3.52. The second kappa shape index (κ2) is 7.60.